The number of nitrogens with zero attached hydrogens (tertiary/aromatic N) is 1. The molecule has 162 valence electrons. The Morgan fingerprint density at radius 2 is 1.52 bits per heavy atom. The number of hydrogen-bond donors (Lipinski definition) is 1. The normalized spacial score (nSPS) is 11.7. The van der Waals surface area contributed by atoms with Gasteiger partial charge in [0.15, 0.2) is 0 Å². The number of para-hydroxylation sites is 1. The minimum atomic E-state index is -4.70. The molecule has 0 atom stereocenters. The van der Waals surface area contributed by atoms with E-state index in [4.69, 9.17) is 11.6 Å². The van der Waals surface area contributed by atoms with Gasteiger partial charge in [-0.25, -0.2) is 8.42 Å². The van der Waals surface area contributed by atoms with E-state index < -0.39 is 39.2 Å². The molecule has 0 aliphatic rings. The van der Waals surface area contributed by atoms with Crippen molar-refractivity contribution in [1.29, 1.82) is 0 Å². The molecule has 31 heavy (non-hydrogen) atoms. The van der Waals surface area contributed by atoms with Crippen LogP contribution in [0.2, 0.25) is 5.02 Å². The van der Waals surface area contributed by atoms with E-state index in [9.17, 15) is 26.4 Å². The van der Waals surface area contributed by atoms with Crippen LogP contribution < -0.4 is 9.62 Å². The van der Waals surface area contributed by atoms with Crippen LogP contribution in [0.1, 0.15) is 5.56 Å². The second kappa shape index (κ2) is 8.99. The number of carbonyl (C=O) groups excluding carboxylic acids is 1. The van der Waals surface area contributed by atoms with Gasteiger partial charge in [-0.1, -0.05) is 48.0 Å². The van der Waals surface area contributed by atoms with E-state index >= 15 is 0 Å². The lowest BCUT2D eigenvalue weighted by molar-refractivity contribution is -0.137. The van der Waals surface area contributed by atoms with Gasteiger partial charge in [-0.2, -0.15) is 13.2 Å². The third-order valence-electron chi connectivity index (χ3n) is 4.22. The summed E-state index contributed by atoms with van der Waals surface area (Å²) in [4.78, 5) is 12.6. The molecule has 1 N–H and O–H groups in total. The highest BCUT2D eigenvalue weighted by Gasteiger charge is 2.33. The summed E-state index contributed by atoms with van der Waals surface area (Å²) in [6.07, 6.45) is -4.70. The van der Waals surface area contributed by atoms with Gasteiger partial charge >= 0.3 is 6.18 Å². The molecule has 10 heteroatoms. The first-order valence-corrected chi connectivity index (χ1v) is 10.7. The molecule has 0 heterocycles. The second-order valence-corrected chi connectivity index (χ2v) is 8.67. The Morgan fingerprint density at radius 1 is 0.935 bits per heavy atom. The average molecular weight is 469 g/mol. The van der Waals surface area contributed by atoms with Gasteiger partial charge < -0.3 is 5.32 Å². The maximum Gasteiger partial charge on any atom is 0.417 e. The molecule has 3 aromatic rings. The molecule has 0 aliphatic heterocycles. The van der Waals surface area contributed by atoms with E-state index in [1.54, 1.807) is 36.4 Å². The first kappa shape index (κ1) is 22.6. The Hall–Kier alpha value is -3.04. The summed E-state index contributed by atoms with van der Waals surface area (Å²) >= 11 is 5.59. The van der Waals surface area contributed by atoms with Crippen LogP contribution in [0.25, 0.3) is 0 Å². The van der Waals surface area contributed by atoms with E-state index in [0.717, 1.165) is 10.4 Å². The monoisotopic (exact) mass is 468 g/mol. The Morgan fingerprint density at radius 3 is 2.10 bits per heavy atom. The molecule has 0 saturated carbocycles. The molecule has 0 spiro atoms. The van der Waals surface area contributed by atoms with Gasteiger partial charge in [-0.3, -0.25) is 9.10 Å². The lowest BCUT2D eigenvalue weighted by atomic mass is 10.2. The number of rotatable bonds is 6. The Kier molecular flexibility index (Phi) is 6.56. The first-order valence-electron chi connectivity index (χ1n) is 8.88. The molecule has 0 fully saturated rings. The zero-order valence-electron chi connectivity index (χ0n) is 15.8. The molecule has 0 unspecified atom stereocenters. The molecular formula is C21H16ClF3N2O3S. The summed E-state index contributed by atoms with van der Waals surface area (Å²) in [5.74, 6) is -0.821. The quantitative estimate of drug-likeness (QED) is 0.541. The SMILES string of the molecule is O=C(CN(c1ccccc1)S(=O)(=O)c1ccccc1)Nc1ccc(Cl)c(C(F)(F)F)c1. The van der Waals surface area contributed by atoms with Crippen molar-refractivity contribution in [2.24, 2.45) is 0 Å². The second-order valence-electron chi connectivity index (χ2n) is 6.40. The minimum absolute atomic E-state index is 0.0301. The Labute approximate surface area is 182 Å². The number of hydrogen-bond acceptors (Lipinski definition) is 3. The van der Waals surface area contributed by atoms with E-state index in [2.05, 4.69) is 5.32 Å². The van der Waals surface area contributed by atoms with Crippen molar-refractivity contribution in [3.8, 4) is 0 Å². The lowest BCUT2D eigenvalue weighted by Crippen LogP contribution is -2.38. The summed E-state index contributed by atoms with van der Waals surface area (Å²) in [5, 5.41) is 1.79. The van der Waals surface area contributed by atoms with Crippen molar-refractivity contribution >= 4 is 38.9 Å². The largest absolute Gasteiger partial charge is 0.417 e. The number of carbonyl (C=O) groups is 1. The third-order valence-corrected chi connectivity index (χ3v) is 6.34. The molecular weight excluding hydrogens is 453 g/mol. The van der Waals surface area contributed by atoms with Crippen LogP contribution in [0.3, 0.4) is 0 Å². The van der Waals surface area contributed by atoms with Crippen LogP contribution in [0.15, 0.2) is 83.8 Å². The van der Waals surface area contributed by atoms with Crippen molar-refractivity contribution in [2.45, 2.75) is 11.1 Å². The lowest BCUT2D eigenvalue weighted by Gasteiger charge is -2.24. The van der Waals surface area contributed by atoms with E-state index in [0.29, 0.717) is 6.07 Å². The molecule has 0 saturated heterocycles. The standard InChI is InChI=1S/C21H16ClF3N2O3S/c22-19-12-11-15(13-18(19)21(23,24)25)26-20(28)14-27(16-7-3-1-4-8-16)31(29,30)17-9-5-2-6-10-17/h1-13H,14H2,(H,26,28). The number of benzene rings is 3. The van der Waals surface area contributed by atoms with Crippen LogP contribution in [-0.2, 0) is 21.0 Å². The summed E-state index contributed by atoms with van der Waals surface area (Å²) in [6.45, 7) is -0.648. The van der Waals surface area contributed by atoms with Crippen LogP contribution in [0.4, 0.5) is 24.5 Å². The van der Waals surface area contributed by atoms with E-state index in [-0.39, 0.29) is 16.3 Å². The van der Waals surface area contributed by atoms with Crippen molar-refractivity contribution in [2.75, 3.05) is 16.2 Å². The molecule has 1 amide bonds. The Balaban J connectivity index is 1.90. The van der Waals surface area contributed by atoms with Gasteiger partial charge in [0.2, 0.25) is 5.91 Å². The molecule has 0 radical (unpaired) electrons. The summed E-state index contributed by atoms with van der Waals surface area (Å²) < 4.78 is 66.3. The summed E-state index contributed by atoms with van der Waals surface area (Å²) in [6, 6.07) is 18.3. The van der Waals surface area contributed by atoms with Crippen LogP contribution in [0.5, 0.6) is 0 Å². The van der Waals surface area contributed by atoms with Crippen molar-refractivity contribution in [1.82, 2.24) is 0 Å². The van der Waals surface area contributed by atoms with E-state index in [1.807, 2.05) is 0 Å². The maximum absolute atomic E-state index is 13.1. The first-order chi connectivity index (χ1) is 14.6. The van der Waals surface area contributed by atoms with Crippen molar-refractivity contribution < 1.29 is 26.4 Å². The highest BCUT2D eigenvalue weighted by Crippen LogP contribution is 2.36. The number of anilines is 2. The van der Waals surface area contributed by atoms with Gasteiger partial charge in [0, 0.05) is 5.69 Å². The maximum atomic E-state index is 13.1. The third kappa shape index (κ3) is 5.36. The van der Waals surface area contributed by atoms with Gasteiger partial charge in [0.25, 0.3) is 10.0 Å². The van der Waals surface area contributed by atoms with Gasteiger partial charge in [-0.15, -0.1) is 0 Å². The molecule has 5 nitrogen and oxygen atoms in total. The highest BCUT2D eigenvalue weighted by atomic mass is 35.5. The van der Waals surface area contributed by atoms with Gasteiger partial charge in [0.05, 0.1) is 21.2 Å². The smallest absolute Gasteiger partial charge is 0.324 e. The number of amides is 1. The summed E-state index contributed by atoms with van der Waals surface area (Å²) in [7, 11) is -4.11. The van der Waals surface area contributed by atoms with Crippen molar-refractivity contribution in [3.05, 3.63) is 89.4 Å². The molecule has 0 aromatic heterocycles. The molecule has 0 aliphatic carbocycles. The average Bonchev–Trinajstić information content (AvgIpc) is 2.74. The summed E-state index contributed by atoms with van der Waals surface area (Å²) in [5.41, 5.74) is -1.04. The number of alkyl halides is 3. The van der Waals surface area contributed by atoms with Crippen LogP contribution >= 0.6 is 11.6 Å². The topological polar surface area (TPSA) is 66.5 Å². The molecule has 3 rings (SSSR count). The van der Waals surface area contributed by atoms with Gasteiger partial charge in [-0.05, 0) is 42.5 Å². The zero-order valence-corrected chi connectivity index (χ0v) is 17.4. The van der Waals surface area contributed by atoms with Crippen LogP contribution in [0, 0.1) is 0 Å². The fourth-order valence-corrected chi connectivity index (χ4v) is 4.45. The van der Waals surface area contributed by atoms with Crippen molar-refractivity contribution in [3.63, 3.8) is 0 Å². The predicted molar refractivity (Wildman–Crippen MR) is 112 cm³/mol. The zero-order chi connectivity index (χ0) is 22.6. The van der Waals surface area contributed by atoms with Gasteiger partial charge in [0.1, 0.15) is 6.54 Å². The fraction of sp³-hybridized carbons (Fsp3) is 0.0952. The van der Waals surface area contributed by atoms with E-state index in [1.165, 1.54) is 30.3 Å². The number of sulfonamides is 1. The fourth-order valence-electron chi connectivity index (χ4n) is 2.78. The predicted octanol–water partition coefficient (Wildman–Crippen LogP) is 5.19. The molecule has 3 aromatic carbocycles. The number of halogens is 4. The number of nitrogens with one attached hydrogen (secondary N) is 1. The Bertz CT molecular complexity index is 1170. The molecule has 0 bridgehead atoms. The van der Waals surface area contributed by atoms with Crippen LogP contribution in [-0.4, -0.2) is 20.9 Å². The minimum Gasteiger partial charge on any atom is -0.324 e. The highest BCUT2D eigenvalue weighted by molar-refractivity contribution is 7.92.